The summed E-state index contributed by atoms with van der Waals surface area (Å²) < 4.78 is 1.96. The van der Waals surface area contributed by atoms with E-state index in [2.05, 4.69) is 50.9 Å². The first kappa shape index (κ1) is 20.0. The van der Waals surface area contributed by atoms with Gasteiger partial charge in [0.15, 0.2) is 5.69 Å². The van der Waals surface area contributed by atoms with E-state index < -0.39 is 0 Å². The molecule has 0 radical (unpaired) electrons. The highest BCUT2D eigenvalue weighted by Crippen LogP contribution is 2.22. The van der Waals surface area contributed by atoms with E-state index in [0.717, 1.165) is 64.2 Å². The number of nitrogens with zero attached hydrogens (tertiary/aromatic N) is 5. The van der Waals surface area contributed by atoms with Gasteiger partial charge < -0.3 is 10.2 Å². The molecule has 0 spiro atoms. The van der Waals surface area contributed by atoms with Crippen molar-refractivity contribution in [2.75, 3.05) is 39.8 Å². The first-order valence-corrected chi connectivity index (χ1v) is 10.8. The van der Waals surface area contributed by atoms with Gasteiger partial charge in [0.05, 0.1) is 11.7 Å². The number of hydrogen-bond donors (Lipinski definition) is 1. The van der Waals surface area contributed by atoms with Gasteiger partial charge in [-0.3, -0.25) is 9.69 Å². The summed E-state index contributed by atoms with van der Waals surface area (Å²) in [5.74, 6) is 0.497. The molecule has 7 nitrogen and oxygen atoms in total. The number of carbonyl (C=O) groups excluding carboxylic acids is 1. The van der Waals surface area contributed by atoms with E-state index in [4.69, 9.17) is 0 Å². The second-order valence-corrected chi connectivity index (χ2v) is 8.51. The summed E-state index contributed by atoms with van der Waals surface area (Å²) in [5.41, 5.74) is 2.75. The third kappa shape index (κ3) is 4.67. The van der Waals surface area contributed by atoms with E-state index in [9.17, 15) is 4.79 Å². The maximum atomic E-state index is 13.0. The number of benzene rings is 1. The standard InChI is InChI=1S/C22H32N6O/c1-17-21(24-25-28(17)20-8-11-23-12-9-20)22(29)26(2)14-19-10-13-27(16-19)15-18-6-4-3-5-7-18/h3-7,19-20,23H,8-16H2,1-2H3/t19-/m1/s1. The Bertz CT molecular complexity index is 814. The van der Waals surface area contributed by atoms with Crippen LogP contribution in [0.5, 0.6) is 0 Å². The summed E-state index contributed by atoms with van der Waals surface area (Å²) in [6.07, 6.45) is 3.20. The van der Waals surface area contributed by atoms with Gasteiger partial charge in [-0.15, -0.1) is 5.10 Å². The lowest BCUT2D eigenvalue weighted by atomic mass is 10.1. The van der Waals surface area contributed by atoms with Crippen LogP contribution >= 0.6 is 0 Å². The summed E-state index contributed by atoms with van der Waals surface area (Å²) in [7, 11) is 1.89. The van der Waals surface area contributed by atoms with Crippen molar-refractivity contribution < 1.29 is 4.79 Å². The van der Waals surface area contributed by atoms with E-state index >= 15 is 0 Å². The van der Waals surface area contributed by atoms with E-state index in [-0.39, 0.29) is 5.91 Å². The highest BCUT2D eigenvalue weighted by molar-refractivity contribution is 5.93. The van der Waals surface area contributed by atoms with Gasteiger partial charge in [0, 0.05) is 26.7 Å². The van der Waals surface area contributed by atoms with Gasteiger partial charge in [0.2, 0.25) is 0 Å². The average molecular weight is 397 g/mol. The maximum Gasteiger partial charge on any atom is 0.276 e. The molecule has 1 atom stereocenters. The Morgan fingerprint density at radius 3 is 2.72 bits per heavy atom. The molecule has 3 heterocycles. The Hall–Kier alpha value is -2.25. The molecule has 2 saturated heterocycles. The fourth-order valence-corrected chi connectivity index (χ4v) is 4.63. The van der Waals surface area contributed by atoms with Crippen molar-refractivity contribution in [2.45, 2.75) is 38.8 Å². The number of carbonyl (C=O) groups is 1. The maximum absolute atomic E-state index is 13.0. The molecule has 0 aliphatic carbocycles. The van der Waals surface area contributed by atoms with Crippen molar-refractivity contribution >= 4 is 5.91 Å². The average Bonchev–Trinajstić information content (AvgIpc) is 3.35. The Kier molecular flexibility index (Phi) is 6.25. The molecular weight excluding hydrogens is 364 g/mol. The number of piperidine rings is 1. The van der Waals surface area contributed by atoms with Crippen LogP contribution in [0.1, 0.15) is 47.1 Å². The molecule has 1 N–H and O–H groups in total. The zero-order valence-corrected chi connectivity index (χ0v) is 17.5. The van der Waals surface area contributed by atoms with Crippen LogP contribution in [0.3, 0.4) is 0 Å². The van der Waals surface area contributed by atoms with E-state index in [1.807, 2.05) is 23.6 Å². The van der Waals surface area contributed by atoms with Crippen LogP contribution in [0.15, 0.2) is 30.3 Å². The fraction of sp³-hybridized carbons (Fsp3) is 0.591. The first-order chi connectivity index (χ1) is 14.1. The zero-order valence-electron chi connectivity index (χ0n) is 17.5. The van der Waals surface area contributed by atoms with Crippen molar-refractivity contribution in [3.8, 4) is 0 Å². The van der Waals surface area contributed by atoms with Crippen molar-refractivity contribution in [1.82, 2.24) is 30.1 Å². The Labute approximate surface area is 173 Å². The van der Waals surface area contributed by atoms with Crippen LogP contribution in [0, 0.1) is 12.8 Å². The summed E-state index contributed by atoms with van der Waals surface area (Å²) in [6.45, 7) is 7.84. The van der Waals surface area contributed by atoms with Crippen molar-refractivity contribution in [3.63, 3.8) is 0 Å². The lowest BCUT2D eigenvalue weighted by Crippen LogP contribution is -2.34. The molecule has 2 aliphatic heterocycles. The third-order valence-corrected chi connectivity index (χ3v) is 6.28. The normalized spacial score (nSPS) is 20.8. The summed E-state index contributed by atoms with van der Waals surface area (Å²) >= 11 is 0. The first-order valence-electron chi connectivity index (χ1n) is 10.8. The van der Waals surface area contributed by atoms with Gasteiger partial charge in [-0.2, -0.15) is 0 Å². The second-order valence-electron chi connectivity index (χ2n) is 8.51. The molecule has 0 bridgehead atoms. The van der Waals surface area contributed by atoms with Gasteiger partial charge in [0.1, 0.15) is 0 Å². The molecule has 29 heavy (non-hydrogen) atoms. The van der Waals surface area contributed by atoms with E-state index in [1.165, 1.54) is 5.56 Å². The number of aromatic nitrogens is 3. The minimum atomic E-state index is -0.0100. The fourth-order valence-electron chi connectivity index (χ4n) is 4.63. The molecule has 1 aromatic carbocycles. The molecule has 2 fully saturated rings. The quantitative estimate of drug-likeness (QED) is 0.810. The molecule has 1 amide bonds. The Morgan fingerprint density at radius 2 is 1.97 bits per heavy atom. The van der Waals surface area contributed by atoms with Crippen LogP contribution in [0.4, 0.5) is 0 Å². The van der Waals surface area contributed by atoms with E-state index in [0.29, 0.717) is 17.7 Å². The van der Waals surface area contributed by atoms with Crippen LogP contribution in [0.25, 0.3) is 0 Å². The van der Waals surface area contributed by atoms with E-state index in [1.54, 1.807) is 0 Å². The molecule has 2 aliphatic rings. The molecule has 1 aromatic heterocycles. The molecule has 0 unspecified atom stereocenters. The van der Waals surface area contributed by atoms with Gasteiger partial charge in [0.25, 0.3) is 5.91 Å². The highest BCUT2D eigenvalue weighted by atomic mass is 16.2. The second kappa shape index (κ2) is 9.05. The SMILES string of the molecule is Cc1c(C(=O)N(C)C[C@H]2CCN(Cc3ccccc3)C2)nnn1C1CCNCC1. The van der Waals surface area contributed by atoms with Gasteiger partial charge in [-0.1, -0.05) is 35.5 Å². The Balaban J connectivity index is 1.32. The molecule has 156 valence electrons. The van der Waals surface area contributed by atoms with Crippen LogP contribution in [0.2, 0.25) is 0 Å². The topological polar surface area (TPSA) is 66.3 Å². The molecule has 7 heteroatoms. The number of nitrogens with one attached hydrogen (secondary N) is 1. The van der Waals surface area contributed by atoms with Crippen LogP contribution < -0.4 is 5.32 Å². The minimum absolute atomic E-state index is 0.0100. The third-order valence-electron chi connectivity index (χ3n) is 6.28. The predicted octanol–water partition coefficient (Wildman–Crippen LogP) is 2.11. The number of amides is 1. The van der Waals surface area contributed by atoms with Crippen molar-refractivity contribution in [3.05, 3.63) is 47.3 Å². The number of rotatable bonds is 6. The predicted molar refractivity (Wildman–Crippen MR) is 113 cm³/mol. The molecule has 2 aromatic rings. The van der Waals surface area contributed by atoms with Gasteiger partial charge in [-0.25, -0.2) is 4.68 Å². The lowest BCUT2D eigenvalue weighted by molar-refractivity contribution is 0.0766. The van der Waals surface area contributed by atoms with Crippen molar-refractivity contribution in [2.24, 2.45) is 5.92 Å². The molecule has 0 saturated carbocycles. The summed E-state index contributed by atoms with van der Waals surface area (Å²) in [5, 5.41) is 11.9. The van der Waals surface area contributed by atoms with Gasteiger partial charge in [-0.05, 0) is 57.3 Å². The van der Waals surface area contributed by atoms with Gasteiger partial charge >= 0.3 is 0 Å². The zero-order chi connectivity index (χ0) is 20.2. The lowest BCUT2D eigenvalue weighted by Gasteiger charge is -2.24. The van der Waals surface area contributed by atoms with Crippen LogP contribution in [-0.2, 0) is 6.54 Å². The highest BCUT2D eigenvalue weighted by Gasteiger charge is 2.28. The number of hydrogen-bond acceptors (Lipinski definition) is 5. The van der Waals surface area contributed by atoms with Crippen LogP contribution in [-0.4, -0.2) is 70.5 Å². The monoisotopic (exact) mass is 396 g/mol. The smallest absolute Gasteiger partial charge is 0.276 e. The molecular formula is C22H32N6O. The summed E-state index contributed by atoms with van der Waals surface area (Å²) in [6, 6.07) is 10.9. The minimum Gasteiger partial charge on any atom is -0.340 e. The Morgan fingerprint density at radius 1 is 1.21 bits per heavy atom. The largest absolute Gasteiger partial charge is 0.340 e. The van der Waals surface area contributed by atoms with Crippen molar-refractivity contribution in [1.29, 1.82) is 0 Å². The number of likely N-dealkylation sites (tertiary alicyclic amines) is 1. The summed E-state index contributed by atoms with van der Waals surface area (Å²) in [4.78, 5) is 17.3. The molecule has 4 rings (SSSR count).